The van der Waals surface area contributed by atoms with Gasteiger partial charge < -0.3 is 10.2 Å². The zero-order valence-electron chi connectivity index (χ0n) is 11.2. The first-order valence-electron chi connectivity index (χ1n) is 6.16. The van der Waals surface area contributed by atoms with Gasteiger partial charge >= 0.3 is 0 Å². The van der Waals surface area contributed by atoms with E-state index in [1.807, 2.05) is 43.3 Å². The number of hydrogen-bond donors (Lipinski definition) is 1. The number of carbonyl (C=O) groups excluding carboxylic acids is 1. The van der Waals surface area contributed by atoms with Gasteiger partial charge in [0, 0.05) is 37.2 Å². The minimum absolute atomic E-state index is 0.00160. The summed E-state index contributed by atoms with van der Waals surface area (Å²) in [6.45, 7) is 2.86. The Labute approximate surface area is 118 Å². The second kappa shape index (κ2) is 7.41. The highest BCUT2D eigenvalue weighted by Crippen LogP contribution is 2.12. The molecule has 0 saturated carbocycles. The molecule has 0 radical (unpaired) electrons. The van der Waals surface area contributed by atoms with E-state index in [9.17, 15) is 4.79 Å². The average Bonchev–Trinajstić information content (AvgIpc) is 2.36. The van der Waals surface area contributed by atoms with Crippen LogP contribution in [0.5, 0.6) is 0 Å². The molecule has 0 spiro atoms. The van der Waals surface area contributed by atoms with Crippen LogP contribution in [-0.2, 0) is 0 Å². The van der Waals surface area contributed by atoms with Crippen molar-refractivity contribution in [3.8, 4) is 0 Å². The van der Waals surface area contributed by atoms with Gasteiger partial charge in [0.1, 0.15) is 0 Å². The van der Waals surface area contributed by atoms with Crippen molar-refractivity contribution < 1.29 is 4.79 Å². The van der Waals surface area contributed by atoms with Gasteiger partial charge in [0.15, 0.2) is 0 Å². The van der Waals surface area contributed by atoms with Crippen LogP contribution >= 0.6 is 15.9 Å². The van der Waals surface area contributed by atoms with E-state index in [2.05, 4.69) is 28.2 Å². The normalized spacial score (nSPS) is 12.0. The van der Waals surface area contributed by atoms with Gasteiger partial charge in [-0.2, -0.15) is 0 Å². The maximum Gasteiger partial charge on any atom is 0.251 e. The van der Waals surface area contributed by atoms with Gasteiger partial charge in [-0.3, -0.25) is 4.79 Å². The lowest BCUT2D eigenvalue weighted by molar-refractivity contribution is 0.0948. The van der Waals surface area contributed by atoms with Crippen molar-refractivity contribution in [2.45, 2.75) is 13.3 Å². The molecule has 0 aromatic heterocycles. The Morgan fingerprint density at radius 1 is 1.33 bits per heavy atom. The van der Waals surface area contributed by atoms with E-state index in [0.29, 0.717) is 11.5 Å². The second-order valence-electron chi connectivity index (χ2n) is 4.73. The quantitative estimate of drug-likeness (QED) is 0.819. The van der Waals surface area contributed by atoms with Gasteiger partial charge in [-0.25, -0.2) is 0 Å². The summed E-state index contributed by atoms with van der Waals surface area (Å²) in [5.41, 5.74) is 1.81. The van der Waals surface area contributed by atoms with Crippen LogP contribution in [0.4, 0.5) is 5.69 Å². The number of rotatable bonds is 6. The molecule has 1 rings (SSSR count). The second-order valence-corrected chi connectivity index (χ2v) is 5.53. The van der Waals surface area contributed by atoms with Gasteiger partial charge in [0.05, 0.1) is 0 Å². The highest BCUT2D eigenvalue weighted by Gasteiger charge is 2.07. The number of benzene rings is 1. The van der Waals surface area contributed by atoms with Crippen molar-refractivity contribution in [3.63, 3.8) is 0 Å². The third-order valence-corrected chi connectivity index (χ3v) is 3.32. The topological polar surface area (TPSA) is 32.3 Å². The van der Waals surface area contributed by atoms with Gasteiger partial charge in [-0.15, -0.1) is 0 Å². The fraction of sp³-hybridized carbons (Fsp3) is 0.500. The van der Waals surface area contributed by atoms with E-state index in [0.717, 1.165) is 24.0 Å². The van der Waals surface area contributed by atoms with Crippen LogP contribution in [0.1, 0.15) is 23.7 Å². The van der Waals surface area contributed by atoms with E-state index in [1.165, 1.54) is 0 Å². The molecule has 100 valence electrons. The summed E-state index contributed by atoms with van der Waals surface area (Å²) >= 11 is 3.41. The summed E-state index contributed by atoms with van der Waals surface area (Å²) in [4.78, 5) is 13.9. The number of alkyl halides is 1. The lowest BCUT2D eigenvalue weighted by Crippen LogP contribution is -2.28. The molecule has 1 amide bonds. The number of halogens is 1. The van der Waals surface area contributed by atoms with Crippen molar-refractivity contribution in [1.82, 2.24) is 5.32 Å². The minimum Gasteiger partial charge on any atom is -0.378 e. The molecule has 1 unspecified atom stereocenters. The van der Waals surface area contributed by atoms with Crippen LogP contribution in [0.3, 0.4) is 0 Å². The predicted molar refractivity (Wildman–Crippen MR) is 80.7 cm³/mol. The number of anilines is 1. The highest BCUT2D eigenvalue weighted by atomic mass is 79.9. The molecule has 18 heavy (non-hydrogen) atoms. The van der Waals surface area contributed by atoms with E-state index in [4.69, 9.17) is 0 Å². The first kappa shape index (κ1) is 15.0. The predicted octanol–water partition coefficient (Wildman–Crippen LogP) is 2.90. The number of hydrogen-bond acceptors (Lipinski definition) is 2. The van der Waals surface area contributed by atoms with Crippen molar-refractivity contribution in [3.05, 3.63) is 29.8 Å². The number of nitrogens with one attached hydrogen (secondary N) is 1. The third-order valence-electron chi connectivity index (χ3n) is 2.86. The monoisotopic (exact) mass is 312 g/mol. The maximum atomic E-state index is 11.9. The Hall–Kier alpha value is -1.03. The smallest absolute Gasteiger partial charge is 0.251 e. The Morgan fingerprint density at radius 3 is 2.44 bits per heavy atom. The van der Waals surface area contributed by atoms with E-state index >= 15 is 0 Å². The Kier molecular flexibility index (Phi) is 6.19. The van der Waals surface area contributed by atoms with Gasteiger partial charge in [0.25, 0.3) is 5.91 Å². The number of carbonyl (C=O) groups is 1. The van der Waals surface area contributed by atoms with Gasteiger partial charge in [-0.05, 0) is 36.6 Å². The summed E-state index contributed by atoms with van der Waals surface area (Å²) in [5, 5.41) is 3.93. The summed E-state index contributed by atoms with van der Waals surface area (Å²) in [6, 6.07) is 7.63. The highest BCUT2D eigenvalue weighted by molar-refractivity contribution is 9.09. The summed E-state index contributed by atoms with van der Waals surface area (Å²) in [6.07, 6.45) is 1.07. The molecule has 0 aliphatic carbocycles. The first-order chi connectivity index (χ1) is 8.54. The SMILES string of the molecule is CC(CCBr)CNC(=O)c1ccc(N(C)C)cc1. The Morgan fingerprint density at radius 2 is 1.94 bits per heavy atom. The van der Waals surface area contributed by atoms with Crippen LogP contribution in [0.25, 0.3) is 0 Å². The summed E-state index contributed by atoms with van der Waals surface area (Å²) < 4.78 is 0. The molecule has 0 aliphatic rings. The van der Waals surface area contributed by atoms with E-state index in [1.54, 1.807) is 0 Å². The molecule has 3 nitrogen and oxygen atoms in total. The minimum atomic E-state index is 0.00160. The molecule has 1 aromatic carbocycles. The van der Waals surface area contributed by atoms with Crippen LogP contribution in [0.15, 0.2) is 24.3 Å². The van der Waals surface area contributed by atoms with E-state index < -0.39 is 0 Å². The molecule has 1 N–H and O–H groups in total. The molecular weight excluding hydrogens is 292 g/mol. The largest absolute Gasteiger partial charge is 0.378 e. The fourth-order valence-electron chi connectivity index (χ4n) is 1.57. The Bertz CT molecular complexity index is 376. The molecule has 0 aliphatic heterocycles. The average molecular weight is 313 g/mol. The molecule has 0 fully saturated rings. The number of amides is 1. The standard InChI is InChI=1S/C14H21BrN2O/c1-11(8-9-15)10-16-14(18)12-4-6-13(7-5-12)17(2)3/h4-7,11H,8-10H2,1-3H3,(H,16,18). The fourth-order valence-corrected chi connectivity index (χ4v) is 2.35. The molecule has 0 saturated heterocycles. The molecular formula is C14H21BrN2O. The molecule has 4 heteroatoms. The van der Waals surface area contributed by atoms with Crippen LogP contribution in [0.2, 0.25) is 0 Å². The summed E-state index contributed by atoms with van der Waals surface area (Å²) in [7, 11) is 3.97. The molecule has 1 aromatic rings. The van der Waals surface area contributed by atoms with Crippen molar-refractivity contribution in [2.75, 3.05) is 30.9 Å². The van der Waals surface area contributed by atoms with Crippen LogP contribution in [-0.4, -0.2) is 31.9 Å². The van der Waals surface area contributed by atoms with Crippen molar-refractivity contribution in [2.24, 2.45) is 5.92 Å². The zero-order chi connectivity index (χ0) is 13.5. The molecule has 1 atom stereocenters. The molecule has 0 heterocycles. The van der Waals surface area contributed by atoms with Gasteiger partial charge in [0.2, 0.25) is 0 Å². The van der Waals surface area contributed by atoms with Gasteiger partial charge in [-0.1, -0.05) is 22.9 Å². The zero-order valence-corrected chi connectivity index (χ0v) is 12.8. The van der Waals surface area contributed by atoms with Crippen molar-refractivity contribution >= 4 is 27.5 Å². The summed E-state index contributed by atoms with van der Waals surface area (Å²) in [5.74, 6) is 0.496. The van der Waals surface area contributed by atoms with E-state index in [-0.39, 0.29) is 5.91 Å². The van der Waals surface area contributed by atoms with Crippen LogP contribution in [0, 0.1) is 5.92 Å². The first-order valence-corrected chi connectivity index (χ1v) is 7.28. The number of nitrogens with zero attached hydrogens (tertiary/aromatic N) is 1. The molecule has 0 bridgehead atoms. The maximum absolute atomic E-state index is 11.9. The lowest BCUT2D eigenvalue weighted by atomic mass is 10.1. The lowest BCUT2D eigenvalue weighted by Gasteiger charge is -2.13. The Balaban J connectivity index is 2.51. The van der Waals surface area contributed by atoms with Crippen LogP contribution < -0.4 is 10.2 Å². The third kappa shape index (κ3) is 4.69. The van der Waals surface area contributed by atoms with Crippen molar-refractivity contribution in [1.29, 1.82) is 0 Å².